The molecule has 0 aromatic rings. The number of carbonyl (C=O) groups is 2. The molecule has 0 aliphatic carbocycles. The van der Waals surface area contributed by atoms with Gasteiger partial charge in [0.25, 0.3) is 0 Å². The molecule has 0 radical (unpaired) electrons. The average Bonchev–Trinajstić information content (AvgIpc) is 2.47. The number of methoxy groups -OCH3 is 1. The minimum atomic E-state index is -0.738. The Bertz CT molecular complexity index is 365. The van der Waals surface area contributed by atoms with Gasteiger partial charge in [0.05, 0.1) is 6.61 Å². The first-order valence-corrected chi connectivity index (χ1v) is 7.84. The zero-order valence-corrected chi connectivity index (χ0v) is 12.8. The van der Waals surface area contributed by atoms with Crippen molar-refractivity contribution in [3.8, 4) is 0 Å². The van der Waals surface area contributed by atoms with Gasteiger partial charge in [-0.15, -0.1) is 0 Å². The Morgan fingerprint density at radius 1 is 1.10 bits per heavy atom. The van der Waals surface area contributed by atoms with Crippen molar-refractivity contribution in [2.24, 2.45) is 11.8 Å². The molecule has 0 spiro atoms. The first kappa shape index (κ1) is 16.1. The van der Waals surface area contributed by atoms with Crippen molar-refractivity contribution in [1.29, 1.82) is 0 Å². The van der Waals surface area contributed by atoms with Crippen LogP contribution in [0.15, 0.2) is 0 Å². The molecule has 2 fully saturated rings. The Morgan fingerprint density at radius 3 is 2.43 bits per heavy atom. The second-order valence-corrected chi connectivity index (χ2v) is 6.22. The summed E-state index contributed by atoms with van der Waals surface area (Å²) in [6.45, 7) is 3.69. The van der Waals surface area contributed by atoms with Crippen LogP contribution in [0, 0.1) is 11.8 Å². The fraction of sp³-hybridized carbons (Fsp3) is 0.867. The van der Waals surface area contributed by atoms with Gasteiger partial charge in [-0.1, -0.05) is 0 Å². The highest BCUT2D eigenvalue weighted by Gasteiger charge is 2.30. The number of aliphatic carboxylic acids is 1. The molecule has 1 atom stereocenters. The Hall–Kier alpha value is -1.30. The van der Waals surface area contributed by atoms with Gasteiger partial charge in [0.1, 0.15) is 0 Å². The van der Waals surface area contributed by atoms with Crippen molar-refractivity contribution < 1.29 is 19.4 Å². The zero-order valence-electron chi connectivity index (χ0n) is 12.8. The van der Waals surface area contributed by atoms with Crippen LogP contribution in [0.5, 0.6) is 0 Å². The lowest BCUT2D eigenvalue weighted by molar-refractivity contribution is -0.138. The SMILES string of the molecule is COCC1CCCN(C(=O)N2CCC(CC(=O)O)CC2)C1. The van der Waals surface area contributed by atoms with Crippen molar-refractivity contribution in [3.63, 3.8) is 0 Å². The molecular formula is C15H26N2O4. The third kappa shape index (κ3) is 4.59. The normalized spacial score (nSPS) is 24.1. The number of carbonyl (C=O) groups excluding carboxylic acids is 1. The maximum Gasteiger partial charge on any atom is 0.320 e. The molecule has 2 saturated heterocycles. The Morgan fingerprint density at radius 2 is 1.81 bits per heavy atom. The monoisotopic (exact) mass is 298 g/mol. The highest BCUT2D eigenvalue weighted by molar-refractivity contribution is 5.74. The van der Waals surface area contributed by atoms with Crippen molar-refractivity contribution in [3.05, 3.63) is 0 Å². The number of nitrogens with zero attached hydrogens (tertiary/aromatic N) is 2. The third-order valence-electron chi connectivity index (χ3n) is 4.54. The number of hydrogen-bond acceptors (Lipinski definition) is 3. The molecule has 2 aliphatic heterocycles. The van der Waals surface area contributed by atoms with Crippen molar-refractivity contribution in [2.45, 2.75) is 32.1 Å². The van der Waals surface area contributed by atoms with Gasteiger partial charge in [-0.05, 0) is 31.6 Å². The summed E-state index contributed by atoms with van der Waals surface area (Å²) in [4.78, 5) is 27.1. The summed E-state index contributed by atoms with van der Waals surface area (Å²) in [7, 11) is 1.70. The zero-order chi connectivity index (χ0) is 15.2. The molecule has 1 N–H and O–H groups in total. The van der Waals surface area contributed by atoms with E-state index in [1.54, 1.807) is 7.11 Å². The van der Waals surface area contributed by atoms with Crippen LogP contribution in [0.25, 0.3) is 0 Å². The fourth-order valence-electron chi connectivity index (χ4n) is 3.39. The molecule has 2 rings (SSSR count). The van der Waals surface area contributed by atoms with E-state index in [0.717, 1.165) is 38.8 Å². The van der Waals surface area contributed by atoms with Gasteiger partial charge in [-0.25, -0.2) is 4.79 Å². The van der Waals surface area contributed by atoms with E-state index in [-0.39, 0.29) is 18.4 Å². The molecule has 2 aliphatic rings. The second-order valence-electron chi connectivity index (χ2n) is 6.22. The average molecular weight is 298 g/mol. The summed E-state index contributed by atoms with van der Waals surface area (Å²) in [5.74, 6) is -0.0791. The van der Waals surface area contributed by atoms with E-state index in [1.165, 1.54) is 0 Å². The molecule has 0 bridgehead atoms. The van der Waals surface area contributed by atoms with E-state index in [9.17, 15) is 9.59 Å². The van der Waals surface area contributed by atoms with Gasteiger partial charge in [-0.3, -0.25) is 4.79 Å². The van der Waals surface area contributed by atoms with Crippen LogP contribution >= 0.6 is 0 Å². The van der Waals surface area contributed by atoms with Crippen LogP contribution in [0.3, 0.4) is 0 Å². The molecule has 1 unspecified atom stereocenters. The highest BCUT2D eigenvalue weighted by Crippen LogP contribution is 2.23. The van der Waals surface area contributed by atoms with E-state index in [1.807, 2.05) is 9.80 Å². The number of ether oxygens (including phenoxy) is 1. The van der Waals surface area contributed by atoms with E-state index in [0.29, 0.717) is 25.6 Å². The minimum absolute atomic E-state index is 0.115. The largest absolute Gasteiger partial charge is 0.481 e. The number of likely N-dealkylation sites (tertiary alicyclic amines) is 2. The second kappa shape index (κ2) is 7.64. The van der Waals surface area contributed by atoms with Gasteiger partial charge in [0.15, 0.2) is 0 Å². The third-order valence-corrected chi connectivity index (χ3v) is 4.54. The molecule has 120 valence electrons. The topological polar surface area (TPSA) is 70.1 Å². The molecule has 2 amide bonds. The summed E-state index contributed by atoms with van der Waals surface area (Å²) in [6.07, 6.45) is 3.98. The number of amides is 2. The summed E-state index contributed by atoms with van der Waals surface area (Å²) in [5, 5.41) is 8.82. The molecule has 0 aromatic carbocycles. The Kier molecular flexibility index (Phi) is 5.85. The predicted octanol–water partition coefficient (Wildman–Crippen LogP) is 1.65. The number of urea groups is 1. The fourth-order valence-corrected chi connectivity index (χ4v) is 3.39. The maximum absolute atomic E-state index is 12.5. The molecule has 0 saturated carbocycles. The molecule has 21 heavy (non-hydrogen) atoms. The predicted molar refractivity (Wildman–Crippen MR) is 78.1 cm³/mol. The highest BCUT2D eigenvalue weighted by atomic mass is 16.5. The number of rotatable bonds is 4. The number of carboxylic acids is 1. The molecular weight excluding hydrogens is 272 g/mol. The first-order chi connectivity index (χ1) is 10.1. The van der Waals surface area contributed by atoms with Gasteiger partial charge in [0.2, 0.25) is 0 Å². The van der Waals surface area contributed by atoms with E-state index < -0.39 is 5.97 Å². The van der Waals surface area contributed by atoms with Crippen LogP contribution in [0.1, 0.15) is 32.1 Å². The number of hydrogen-bond donors (Lipinski definition) is 1. The molecule has 6 heteroatoms. The van der Waals surface area contributed by atoms with Gasteiger partial charge < -0.3 is 19.6 Å². The van der Waals surface area contributed by atoms with Crippen LogP contribution < -0.4 is 0 Å². The number of piperidine rings is 2. The smallest absolute Gasteiger partial charge is 0.320 e. The Labute approximate surface area is 126 Å². The van der Waals surface area contributed by atoms with Crippen molar-refractivity contribution >= 4 is 12.0 Å². The summed E-state index contributed by atoms with van der Waals surface area (Å²) in [6, 6.07) is 0.115. The van der Waals surface area contributed by atoms with Gasteiger partial charge in [0, 0.05) is 45.6 Å². The van der Waals surface area contributed by atoms with E-state index in [2.05, 4.69) is 0 Å². The van der Waals surface area contributed by atoms with Crippen molar-refractivity contribution in [1.82, 2.24) is 9.80 Å². The lowest BCUT2D eigenvalue weighted by atomic mass is 9.93. The maximum atomic E-state index is 12.5. The molecule has 0 aromatic heterocycles. The molecule has 6 nitrogen and oxygen atoms in total. The summed E-state index contributed by atoms with van der Waals surface area (Å²) < 4.78 is 5.20. The van der Waals surface area contributed by atoms with Gasteiger partial charge in [-0.2, -0.15) is 0 Å². The van der Waals surface area contributed by atoms with Crippen molar-refractivity contribution in [2.75, 3.05) is 39.9 Å². The quantitative estimate of drug-likeness (QED) is 0.857. The Balaban J connectivity index is 1.80. The van der Waals surface area contributed by atoms with Crippen LogP contribution in [0.4, 0.5) is 4.79 Å². The van der Waals surface area contributed by atoms with Crippen LogP contribution in [0.2, 0.25) is 0 Å². The first-order valence-electron chi connectivity index (χ1n) is 7.84. The van der Waals surface area contributed by atoms with Gasteiger partial charge >= 0.3 is 12.0 Å². The molecule has 2 heterocycles. The number of carboxylic acid groups (broad SMARTS) is 1. The van der Waals surface area contributed by atoms with Crippen LogP contribution in [-0.4, -0.2) is 66.8 Å². The standard InChI is InChI=1S/C15H26N2O4/c1-21-11-13-3-2-6-17(10-13)15(20)16-7-4-12(5-8-16)9-14(18)19/h12-13H,2-11H2,1H3,(H,18,19). The van der Waals surface area contributed by atoms with Crippen LogP contribution in [-0.2, 0) is 9.53 Å². The lowest BCUT2D eigenvalue weighted by Crippen LogP contribution is -2.50. The lowest BCUT2D eigenvalue weighted by Gasteiger charge is -2.38. The summed E-state index contributed by atoms with van der Waals surface area (Å²) in [5.41, 5.74) is 0. The van der Waals surface area contributed by atoms with E-state index >= 15 is 0 Å². The summed E-state index contributed by atoms with van der Waals surface area (Å²) >= 11 is 0. The minimum Gasteiger partial charge on any atom is -0.481 e. The van der Waals surface area contributed by atoms with E-state index in [4.69, 9.17) is 9.84 Å².